The second-order valence-corrected chi connectivity index (χ2v) is 3.15. The quantitative estimate of drug-likeness (QED) is 0.485. The molecule has 0 fully saturated rings. The summed E-state index contributed by atoms with van der Waals surface area (Å²) in [5, 5.41) is 2.80. The van der Waals surface area contributed by atoms with Gasteiger partial charge in [-0.3, -0.25) is 4.79 Å². The van der Waals surface area contributed by atoms with Gasteiger partial charge in [-0.25, -0.2) is 0 Å². The molecule has 0 saturated heterocycles. The minimum atomic E-state index is -0.515. The van der Waals surface area contributed by atoms with Gasteiger partial charge < -0.3 is 11.1 Å². The van der Waals surface area contributed by atoms with E-state index in [0.717, 1.165) is 6.42 Å². The predicted molar refractivity (Wildman–Crippen MR) is 58.5 cm³/mol. The third-order valence-electron chi connectivity index (χ3n) is 1.96. The smallest absolute Gasteiger partial charge is 0.237 e. The van der Waals surface area contributed by atoms with Crippen molar-refractivity contribution in [2.75, 3.05) is 0 Å². The van der Waals surface area contributed by atoms with Crippen LogP contribution in [-0.2, 0) is 4.79 Å². The first kappa shape index (κ1) is 12.7. The third-order valence-corrected chi connectivity index (χ3v) is 1.96. The van der Waals surface area contributed by atoms with Crippen LogP contribution in [0.25, 0.3) is 0 Å². The lowest BCUT2D eigenvalue weighted by Crippen LogP contribution is -2.44. The summed E-state index contributed by atoms with van der Waals surface area (Å²) >= 11 is 0. The van der Waals surface area contributed by atoms with E-state index in [1.807, 2.05) is 6.92 Å². The van der Waals surface area contributed by atoms with Crippen molar-refractivity contribution >= 4 is 5.91 Å². The average molecular weight is 194 g/mol. The Hall–Kier alpha value is -1.27. The maximum absolute atomic E-state index is 11.4. The van der Waals surface area contributed by atoms with Gasteiger partial charge in [0.2, 0.25) is 5.91 Å². The van der Waals surface area contributed by atoms with Crippen LogP contribution >= 0.6 is 0 Å². The van der Waals surface area contributed by atoms with Crippen molar-refractivity contribution in [2.24, 2.45) is 5.73 Å². The van der Waals surface area contributed by atoms with Gasteiger partial charge in [0, 0.05) is 12.5 Å². The van der Waals surface area contributed by atoms with Crippen LogP contribution in [0.5, 0.6) is 0 Å². The summed E-state index contributed by atoms with van der Waals surface area (Å²) in [5.41, 5.74) is 5.59. The molecule has 0 heterocycles. The Labute approximate surface area is 85.7 Å². The number of terminal acetylenes is 1. The summed E-state index contributed by atoms with van der Waals surface area (Å²) < 4.78 is 0. The topological polar surface area (TPSA) is 55.1 Å². The summed E-state index contributed by atoms with van der Waals surface area (Å²) in [5.74, 6) is 2.36. The third kappa shape index (κ3) is 4.68. The van der Waals surface area contributed by atoms with Gasteiger partial charge >= 0.3 is 0 Å². The van der Waals surface area contributed by atoms with Crippen LogP contribution in [0.2, 0.25) is 0 Å². The largest absolute Gasteiger partial charge is 0.351 e. The first-order valence-corrected chi connectivity index (χ1v) is 4.76. The molecule has 2 atom stereocenters. The van der Waals surface area contributed by atoms with E-state index in [1.165, 1.54) is 0 Å². The number of nitrogens with two attached hydrogens (primary N) is 1. The number of carbonyl (C=O) groups is 1. The van der Waals surface area contributed by atoms with Crippen LogP contribution in [-0.4, -0.2) is 18.0 Å². The number of carbonyl (C=O) groups excluding carboxylic acids is 1. The van der Waals surface area contributed by atoms with Crippen molar-refractivity contribution in [3.63, 3.8) is 0 Å². The molecule has 14 heavy (non-hydrogen) atoms. The highest BCUT2D eigenvalue weighted by Crippen LogP contribution is 1.98. The van der Waals surface area contributed by atoms with E-state index < -0.39 is 6.04 Å². The zero-order valence-corrected chi connectivity index (χ0v) is 8.62. The first-order valence-electron chi connectivity index (χ1n) is 4.76. The molecule has 0 aromatic carbocycles. The Balaban J connectivity index is 4.02. The molecule has 0 radical (unpaired) electrons. The predicted octanol–water partition coefficient (Wildman–Crippen LogP) is 0.808. The van der Waals surface area contributed by atoms with E-state index in [-0.39, 0.29) is 11.9 Å². The minimum absolute atomic E-state index is 0.0309. The summed E-state index contributed by atoms with van der Waals surface area (Å²) in [6, 6.07) is -0.484. The molecule has 0 aliphatic heterocycles. The molecule has 78 valence electrons. The van der Waals surface area contributed by atoms with Gasteiger partial charge in [0.15, 0.2) is 0 Å². The molecule has 2 unspecified atom stereocenters. The summed E-state index contributed by atoms with van der Waals surface area (Å²) in [6.07, 6.45) is 8.64. The molecule has 0 aromatic heterocycles. The van der Waals surface area contributed by atoms with Crippen molar-refractivity contribution < 1.29 is 4.79 Å². The van der Waals surface area contributed by atoms with Crippen molar-refractivity contribution in [1.82, 2.24) is 5.32 Å². The van der Waals surface area contributed by atoms with Gasteiger partial charge in [0.1, 0.15) is 0 Å². The lowest BCUT2D eigenvalue weighted by atomic mass is 10.1. The van der Waals surface area contributed by atoms with Crippen LogP contribution < -0.4 is 11.1 Å². The standard InChI is InChI=1S/C11H18N2O/c1-4-7-9(6-3)13-11(14)10(12)8-5-2/h1,5,9-10H,2,6-8,12H2,3H3,(H,13,14). The van der Waals surface area contributed by atoms with Gasteiger partial charge in [0.25, 0.3) is 0 Å². The molecular weight excluding hydrogens is 176 g/mol. The van der Waals surface area contributed by atoms with E-state index >= 15 is 0 Å². The molecule has 1 amide bonds. The summed E-state index contributed by atoms with van der Waals surface area (Å²) in [7, 11) is 0. The SMILES string of the molecule is C#CCC(CC)NC(=O)C(N)CC=C. The highest BCUT2D eigenvalue weighted by molar-refractivity contribution is 5.81. The first-order chi connectivity index (χ1) is 6.65. The van der Waals surface area contributed by atoms with E-state index in [4.69, 9.17) is 12.2 Å². The Morgan fingerprint density at radius 2 is 2.43 bits per heavy atom. The fourth-order valence-electron chi connectivity index (χ4n) is 1.03. The second-order valence-electron chi connectivity index (χ2n) is 3.15. The normalized spacial score (nSPS) is 13.8. The molecule has 3 heteroatoms. The van der Waals surface area contributed by atoms with Crippen LogP contribution in [0.4, 0.5) is 0 Å². The van der Waals surface area contributed by atoms with E-state index in [2.05, 4.69) is 17.8 Å². The van der Waals surface area contributed by atoms with Crippen LogP contribution in [0.15, 0.2) is 12.7 Å². The zero-order chi connectivity index (χ0) is 11.0. The second kappa shape index (κ2) is 7.16. The summed E-state index contributed by atoms with van der Waals surface area (Å²) in [4.78, 5) is 11.4. The number of hydrogen-bond acceptors (Lipinski definition) is 2. The number of amides is 1. The van der Waals surface area contributed by atoms with E-state index in [9.17, 15) is 4.79 Å². The molecule has 3 nitrogen and oxygen atoms in total. The molecule has 0 bridgehead atoms. The van der Waals surface area contributed by atoms with Gasteiger partial charge in [-0.15, -0.1) is 18.9 Å². The van der Waals surface area contributed by atoms with Crippen molar-refractivity contribution in [2.45, 2.75) is 38.3 Å². The molecule has 0 aliphatic rings. The lowest BCUT2D eigenvalue weighted by molar-refractivity contribution is -0.123. The Kier molecular flexibility index (Phi) is 6.51. The fourth-order valence-corrected chi connectivity index (χ4v) is 1.03. The fraction of sp³-hybridized carbons (Fsp3) is 0.545. The van der Waals surface area contributed by atoms with E-state index in [0.29, 0.717) is 12.8 Å². The Bertz CT molecular complexity index is 230. The number of nitrogens with one attached hydrogen (secondary N) is 1. The van der Waals surface area contributed by atoms with E-state index in [1.54, 1.807) is 6.08 Å². The molecule has 0 aliphatic carbocycles. The molecule has 0 spiro atoms. The zero-order valence-electron chi connectivity index (χ0n) is 8.62. The lowest BCUT2D eigenvalue weighted by Gasteiger charge is -2.17. The molecular formula is C11H18N2O. The monoisotopic (exact) mass is 194 g/mol. The molecule has 0 saturated carbocycles. The Morgan fingerprint density at radius 1 is 1.79 bits per heavy atom. The van der Waals surface area contributed by atoms with Gasteiger partial charge in [-0.1, -0.05) is 13.0 Å². The van der Waals surface area contributed by atoms with Crippen molar-refractivity contribution in [3.05, 3.63) is 12.7 Å². The number of hydrogen-bond donors (Lipinski definition) is 2. The van der Waals surface area contributed by atoms with Gasteiger partial charge in [0.05, 0.1) is 6.04 Å². The molecule has 3 N–H and O–H groups in total. The van der Waals surface area contributed by atoms with Crippen molar-refractivity contribution in [1.29, 1.82) is 0 Å². The highest BCUT2D eigenvalue weighted by atomic mass is 16.2. The molecule has 0 rings (SSSR count). The minimum Gasteiger partial charge on any atom is -0.351 e. The Morgan fingerprint density at radius 3 is 2.86 bits per heavy atom. The van der Waals surface area contributed by atoms with Gasteiger partial charge in [-0.05, 0) is 12.8 Å². The van der Waals surface area contributed by atoms with Crippen LogP contribution in [0.3, 0.4) is 0 Å². The molecule has 0 aromatic rings. The average Bonchev–Trinajstić information content (AvgIpc) is 2.17. The summed E-state index contributed by atoms with van der Waals surface area (Å²) in [6.45, 7) is 5.50. The van der Waals surface area contributed by atoms with Crippen LogP contribution in [0.1, 0.15) is 26.2 Å². The highest BCUT2D eigenvalue weighted by Gasteiger charge is 2.14. The van der Waals surface area contributed by atoms with Crippen LogP contribution in [0, 0.1) is 12.3 Å². The van der Waals surface area contributed by atoms with Gasteiger partial charge in [-0.2, -0.15) is 0 Å². The maximum Gasteiger partial charge on any atom is 0.237 e. The van der Waals surface area contributed by atoms with Crippen molar-refractivity contribution in [3.8, 4) is 12.3 Å². The maximum atomic E-state index is 11.4. The number of rotatable bonds is 6.